The van der Waals surface area contributed by atoms with Gasteiger partial charge >= 0.3 is 0 Å². The van der Waals surface area contributed by atoms with Crippen LogP contribution in [0, 0.1) is 21.4 Å². The molecule has 0 saturated heterocycles. The first-order valence-electron chi connectivity index (χ1n) is 3.99. The van der Waals surface area contributed by atoms with E-state index in [1.54, 1.807) is 6.07 Å². The van der Waals surface area contributed by atoms with Crippen LogP contribution in [-0.2, 0) is 4.79 Å². The summed E-state index contributed by atoms with van der Waals surface area (Å²) in [6, 6.07) is 5.86. The molecule has 0 heterocycles. The van der Waals surface area contributed by atoms with Crippen LogP contribution >= 0.6 is 0 Å². The van der Waals surface area contributed by atoms with Crippen LogP contribution in [0.2, 0.25) is 0 Å². The van der Waals surface area contributed by atoms with Gasteiger partial charge in [0, 0.05) is 6.07 Å². The average molecular weight is 202 g/mol. The molecule has 0 spiro atoms. The molecule has 0 atom stereocenters. The van der Waals surface area contributed by atoms with E-state index in [0.717, 1.165) is 0 Å². The Morgan fingerprint density at radius 3 is 2.73 bits per heavy atom. The van der Waals surface area contributed by atoms with Crippen molar-refractivity contribution in [1.82, 2.24) is 0 Å². The van der Waals surface area contributed by atoms with E-state index in [9.17, 15) is 14.9 Å². The van der Waals surface area contributed by atoms with E-state index in [-0.39, 0.29) is 11.3 Å². The second-order valence-corrected chi connectivity index (χ2v) is 2.64. The third kappa shape index (κ3) is 2.48. The lowest BCUT2D eigenvalue weighted by atomic mass is 10.1. The minimum absolute atomic E-state index is 0.00301. The SMILES string of the molecule is N#Cc1ccc(C=CC=O)cc1[N+](=O)[O-]. The second kappa shape index (κ2) is 4.67. The van der Waals surface area contributed by atoms with E-state index in [4.69, 9.17) is 5.26 Å². The average Bonchev–Trinajstić information content (AvgIpc) is 2.25. The molecule has 1 rings (SSSR count). The number of aldehydes is 1. The van der Waals surface area contributed by atoms with Crippen molar-refractivity contribution in [3.05, 3.63) is 45.5 Å². The van der Waals surface area contributed by atoms with Crippen molar-refractivity contribution < 1.29 is 9.72 Å². The summed E-state index contributed by atoms with van der Waals surface area (Å²) >= 11 is 0. The van der Waals surface area contributed by atoms with Crippen LogP contribution < -0.4 is 0 Å². The van der Waals surface area contributed by atoms with Gasteiger partial charge in [0.25, 0.3) is 5.69 Å². The Balaban J connectivity index is 3.23. The predicted molar refractivity (Wildman–Crippen MR) is 52.9 cm³/mol. The molecule has 74 valence electrons. The topological polar surface area (TPSA) is 84.0 Å². The smallest absolute Gasteiger partial charge is 0.287 e. The fourth-order valence-corrected chi connectivity index (χ4v) is 1.05. The van der Waals surface area contributed by atoms with Crippen LogP contribution in [0.15, 0.2) is 24.3 Å². The molecule has 0 aliphatic heterocycles. The molecular weight excluding hydrogens is 196 g/mol. The summed E-state index contributed by atoms with van der Waals surface area (Å²) in [6.07, 6.45) is 3.23. The summed E-state index contributed by atoms with van der Waals surface area (Å²) in [4.78, 5) is 20.0. The van der Waals surface area contributed by atoms with Crippen LogP contribution in [0.4, 0.5) is 5.69 Å². The monoisotopic (exact) mass is 202 g/mol. The highest BCUT2D eigenvalue weighted by Crippen LogP contribution is 2.19. The van der Waals surface area contributed by atoms with Crippen molar-refractivity contribution in [3.8, 4) is 6.07 Å². The molecule has 0 radical (unpaired) electrons. The van der Waals surface area contributed by atoms with Gasteiger partial charge in [-0.3, -0.25) is 14.9 Å². The van der Waals surface area contributed by atoms with Gasteiger partial charge in [-0.15, -0.1) is 0 Å². The Morgan fingerprint density at radius 2 is 2.20 bits per heavy atom. The molecule has 0 aliphatic rings. The van der Waals surface area contributed by atoms with Crippen molar-refractivity contribution in [2.45, 2.75) is 0 Å². The maximum Gasteiger partial charge on any atom is 0.287 e. The Morgan fingerprint density at radius 1 is 1.47 bits per heavy atom. The summed E-state index contributed by atoms with van der Waals surface area (Å²) in [5, 5.41) is 19.2. The van der Waals surface area contributed by atoms with Crippen molar-refractivity contribution in [2.24, 2.45) is 0 Å². The first-order chi connectivity index (χ1) is 7.19. The molecule has 0 saturated carbocycles. The van der Waals surface area contributed by atoms with Crippen molar-refractivity contribution in [2.75, 3.05) is 0 Å². The van der Waals surface area contributed by atoms with Gasteiger partial charge in [-0.25, -0.2) is 0 Å². The first-order valence-corrected chi connectivity index (χ1v) is 3.99. The van der Waals surface area contributed by atoms with Crippen LogP contribution in [0.5, 0.6) is 0 Å². The standard InChI is InChI=1S/C10H6N2O3/c11-7-9-4-3-8(2-1-5-13)6-10(9)12(14)15/h1-6H. The first kappa shape index (κ1) is 10.6. The van der Waals surface area contributed by atoms with Gasteiger partial charge in [-0.1, -0.05) is 12.1 Å². The van der Waals surface area contributed by atoms with Gasteiger partial charge in [0.05, 0.1) is 4.92 Å². The summed E-state index contributed by atoms with van der Waals surface area (Å²) < 4.78 is 0. The zero-order valence-corrected chi connectivity index (χ0v) is 7.58. The summed E-state index contributed by atoms with van der Waals surface area (Å²) in [5.41, 5.74) is 0.251. The van der Waals surface area contributed by atoms with Gasteiger partial charge in [-0.2, -0.15) is 5.26 Å². The van der Waals surface area contributed by atoms with E-state index in [1.165, 1.54) is 30.4 Å². The predicted octanol–water partition coefficient (Wildman–Crippen LogP) is 1.68. The minimum Gasteiger partial charge on any atom is -0.299 e. The van der Waals surface area contributed by atoms with E-state index in [1.807, 2.05) is 0 Å². The Hall–Kier alpha value is -2.48. The number of carbonyl (C=O) groups excluding carboxylic acids is 1. The number of carbonyl (C=O) groups is 1. The Labute approximate surface area is 85.4 Å². The van der Waals surface area contributed by atoms with Gasteiger partial charge in [-0.05, 0) is 17.7 Å². The normalized spacial score (nSPS) is 9.80. The summed E-state index contributed by atoms with van der Waals surface area (Å²) in [6.45, 7) is 0. The van der Waals surface area contributed by atoms with Gasteiger partial charge in [0.15, 0.2) is 0 Å². The van der Waals surface area contributed by atoms with Gasteiger partial charge in [0.1, 0.15) is 17.9 Å². The van der Waals surface area contributed by atoms with Crippen LogP contribution in [0.3, 0.4) is 0 Å². The van der Waals surface area contributed by atoms with Gasteiger partial charge < -0.3 is 0 Å². The third-order valence-corrected chi connectivity index (χ3v) is 1.71. The number of nitrogens with zero attached hydrogens (tertiary/aromatic N) is 2. The molecule has 0 unspecified atom stereocenters. The van der Waals surface area contributed by atoms with E-state index in [0.29, 0.717) is 11.8 Å². The van der Waals surface area contributed by atoms with Crippen LogP contribution in [-0.4, -0.2) is 11.2 Å². The highest BCUT2D eigenvalue weighted by atomic mass is 16.6. The van der Waals surface area contributed by atoms with Crippen molar-refractivity contribution in [1.29, 1.82) is 5.26 Å². The maximum absolute atomic E-state index is 10.6. The lowest BCUT2D eigenvalue weighted by Gasteiger charge is -1.96. The molecule has 0 amide bonds. The van der Waals surface area contributed by atoms with Crippen LogP contribution in [0.1, 0.15) is 11.1 Å². The molecule has 0 aliphatic carbocycles. The number of benzene rings is 1. The molecule has 15 heavy (non-hydrogen) atoms. The fourth-order valence-electron chi connectivity index (χ4n) is 1.05. The Kier molecular flexibility index (Phi) is 3.30. The number of hydrogen-bond donors (Lipinski definition) is 0. The zero-order valence-electron chi connectivity index (χ0n) is 7.58. The zero-order chi connectivity index (χ0) is 11.3. The minimum atomic E-state index is -0.628. The molecule has 1 aromatic carbocycles. The number of nitro benzene ring substituents is 1. The highest BCUT2D eigenvalue weighted by Gasteiger charge is 2.12. The molecule has 1 aromatic rings. The molecule has 5 heteroatoms. The van der Waals surface area contributed by atoms with Gasteiger partial charge in [0.2, 0.25) is 0 Å². The fraction of sp³-hybridized carbons (Fsp3) is 0. The lowest BCUT2D eigenvalue weighted by Crippen LogP contribution is -1.92. The van der Waals surface area contributed by atoms with Crippen molar-refractivity contribution in [3.63, 3.8) is 0 Å². The molecule has 0 fully saturated rings. The molecule has 0 bridgehead atoms. The van der Waals surface area contributed by atoms with E-state index < -0.39 is 4.92 Å². The Bertz CT molecular complexity index is 472. The largest absolute Gasteiger partial charge is 0.299 e. The number of nitriles is 1. The lowest BCUT2D eigenvalue weighted by molar-refractivity contribution is -0.385. The maximum atomic E-state index is 10.6. The number of hydrogen-bond acceptors (Lipinski definition) is 4. The summed E-state index contributed by atoms with van der Waals surface area (Å²) in [5.74, 6) is 0. The number of nitro groups is 1. The third-order valence-electron chi connectivity index (χ3n) is 1.71. The van der Waals surface area contributed by atoms with E-state index >= 15 is 0 Å². The molecular formula is C10H6N2O3. The summed E-state index contributed by atoms with van der Waals surface area (Å²) in [7, 11) is 0. The molecule has 0 aromatic heterocycles. The molecule has 0 N–H and O–H groups in total. The van der Waals surface area contributed by atoms with Crippen molar-refractivity contribution >= 4 is 18.0 Å². The van der Waals surface area contributed by atoms with Crippen LogP contribution in [0.25, 0.3) is 6.08 Å². The number of allylic oxidation sites excluding steroid dienone is 1. The number of rotatable bonds is 3. The second-order valence-electron chi connectivity index (χ2n) is 2.64. The quantitative estimate of drug-likeness (QED) is 0.323. The highest BCUT2D eigenvalue weighted by molar-refractivity contribution is 5.74. The molecule has 5 nitrogen and oxygen atoms in total. The van der Waals surface area contributed by atoms with E-state index in [2.05, 4.69) is 0 Å².